The maximum atomic E-state index is 12.4. The number of hydrogen-bond acceptors (Lipinski definition) is 4. The van der Waals surface area contributed by atoms with Crippen LogP contribution in [0.2, 0.25) is 0 Å². The van der Waals surface area contributed by atoms with Crippen LogP contribution < -0.4 is 0 Å². The van der Waals surface area contributed by atoms with Gasteiger partial charge >= 0.3 is 0 Å². The Bertz CT molecular complexity index is 564. The topological polar surface area (TPSA) is 72.3 Å². The van der Waals surface area contributed by atoms with Crippen molar-refractivity contribution in [3.8, 4) is 0 Å². The Labute approximate surface area is 124 Å². The van der Waals surface area contributed by atoms with Crippen molar-refractivity contribution in [1.82, 2.24) is 9.80 Å². The van der Waals surface area contributed by atoms with Crippen LogP contribution in [-0.4, -0.2) is 47.9 Å². The van der Waals surface area contributed by atoms with E-state index in [1.807, 2.05) is 0 Å². The zero-order valence-corrected chi connectivity index (χ0v) is 12.0. The fourth-order valence-electron chi connectivity index (χ4n) is 3.33. The summed E-state index contributed by atoms with van der Waals surface area (Å²) in [4.78, 5) is 19.9. The lowest BCUT2D eigenvalue weighted by Crippen LogP contribution is -2.51. The van der Waals surface area contributed by atoms with Gasteiger partial charge in [0, 0.05) is 29.3 Å². The maximum absolute atomic E-state index is 12.4. The third-order valence-corrected chi connectivity index (χ3v) is 4.34. The van der Waals surface area contributed by atoms with Gasteiger partial charge in [0.15, 0.2) is 5.78 Å². The second-order valence-electron chi connectivity index (χ2n) is 5.64. The summed E-state index contributed by atoms with van der Waals surface area (Å²) < 4.78 is 0. The molecule has 0 aromatic heterocycles. The van der Waals surface area contributed by atoms with E-state index in [9.17, 15) is 4.79 Å². The number of azide groups is 1. The zero-order chi connectivity index (χ0) is 14.7. The van der Waals surface area contributed by atoms with E-state index >= 15 is 0 Å². The molecule has 2 fully saturated rings. The highest BCUT2D eigenvalue weighted by atomic mass is 16.1. The summed E-state index contributed by atoms with van der Waals surface area (Å²) in [6, 6.07) is 6.85. The van der Waals surface area contributed by atoms with Gasteiger partial charge < -0.3 is 0 Å². The van der Waals surface area contributed by atoms with E-state index < -0.39 is 0 Å². The van der Waals surface area contributed by atoms with Crippen LogP contribution in [0.15, 0.2) is 29.4 Å². The molecule has 1 atom stereocenters. The first-order valence-electron chi connectivity index (χ1n) is 7.44. The van der Waals surface area contributed by atoms with E-state index in [1.165, 1.54) is 12.8 Å². The first-order valence-corrected chi connectivity index (χ1v) is 7.44. The maximum Gasteiger partial charge on any atom is 0.176 e. The van der Waals surface area contributed by atoms with Gasteiger partial charge in [-0.05, 0) is 31.3 Å². The second kappa shape index (κ2) is 6.26. The number of rotatable bonds is 4. The summed E-state index contributed by atoms with van der Waals surface area (Å²) in [7, 11) is 0. The van der Waals surface area contributed by atoms with Gasteiger partial charge in [0.1, 0.15) is 0 Å². The molecule has 0 aliphatic carbocycles. The zero-order valence-electron chi connectivity index (χ0n) is 12.0. The van der Waals surface area contributed by atoms with Crippen molar-refractivity contribution in [2.45, 2.75) is 25.4 Å². The van der Waals surface area contributed by atoms with Gasteiger partial charge in [-0.15, -0.1) is 0 Å². The molecule has 2 heterocycles. The molecule has 0 N–H and O–H groups in total. The molecule has 1 aromatic carbocycles. The van der Waals surface area contributed by atoms with Crippen molar-refractivity contribution in [2.24, 2.45) is 5.11 Å². The van der Waals surface area contributed by atoms with Gasteiger partial charge in [-0.25, -0.2) is 0 Å². The van der Waals surface area contributed by atoms with E-state index in [0.29, 0.717) is 24.0 Å². The highest BCUT2D eigenvalue weighted by molar-refractivity contribution is 5.97. The van der Waals surface area contributed by atoms with E-state index in [0.717, 1.165) is 26.1 Å². The normalized spacial score (nSPS) is 22.6. The second-order valence-corrected chi connectivity index (χ2v) is 5.64. The predicted octanol–water partition coefficient (Wildman–Crippen LogP) is 2.94. The molecule has 2 saturated heterocycles. The summed E-state index contributed by atoms with van der Waals surface area (Å²) in [5, 5.41) is 3.52. The van der Waals surface area contributed by atoms with E-state index in [2.05, 4.69) is 19.8 Å². The van der Waals surface area contributed by atoms with Crippen LogP contribution in [0, 0.1) is 0 Å². The number of carbonyl (C=O) groups excluding carboxylic acids is 1. The van der Waals surface area contributed by atoms with Gasteiger partial charge in [-0.3, -0.25) is 14.6 Å². The Morgan fingerprint density at radius 3 is 2.76 bits per heavy atom. The van der Waals surface area contributed by atoms with Gasteiger partial charge in [0.05, 0.1) is 12.7 Å². The number of ketones is 1. The van der Waals surface area contributed by atoms with Crippen LogP contribution in [0.4, 0.5) is 5.69 Å². The highest BCUT2D eigenvalue weighted by Gasteiger charge is 2.33. The average molecular weight is 285 g/mol. The van der Waals surface area contributed by atoms with Gasteiger partial charge in [-0.2, -0.15) is 0 Å². The van der Waals surface area contributed by atoms with E-state index in [4.69, 9.17) is 5.53 Å². The molecular formula is C15H19N5O. The van der Waals surface area contributed by atoms with Crippen molar-refractivity contribution in [3.05, 3.63) is 40.3 Å². The molecule has 0 spiro atoms. The lowest BCUT2D eigenvalue weighted by atomic mass is 10.1. The SMILES string of the molecule is [N-]=[N+]=Nc1ccc(C(=O)CN2CCCN3CCCC32)cc1. The molecule has 6 heteroatoms. The molecule has 3 rings (SSSR count). The molecule has 2 aliphatic heterocycles. The summed E-state index contributed by atoms with van der Waals surface area (Å²) in [6.07, 6.45) is 3.99. The number of fused-ring (bicyclic) bond motifs is 1. The van der Waals surface area contributed by atoms with Crippen LogP contribution in [-0.2, 0) is 0 Å². The van der Waals surface area contributed by atoms with Crippen molar-refractivity contribution < 1.29 is 4.79 Å². The fraction of sp³-hybridized carbons (Fsp3) is 0.533. The number of nitrogens with zero attached hydrogens (tertiary/aromatic N) is 5. The summed E-state index contributed by atoms with van der Waals surface area (Å²) in [5.41, 5.74) is 9.60. The van der Waals surface area contributed by atoms with Gasteiger partial charge in [0.2, 0.25) is 0 Å². The molecule has 1 unspecified atom stereocenters. The number of hydrogen-bond donors (Lipinski definition) is 0. The smallest absolute Gasteiger partial charge is 0.176 e. The van der Waals surface area contributed by atoms with Crippen LogP contribution in [0.3, 0.4) is 0 Å². The third-order valence-electron chi connectivity index (χ3n) is 4.34. The number of Topliss-reactive ketones (excluding diaryl/α,β-unsaturated/α-hetero) is 1. The minimum absolute atomic E-state index is 0.135. The van der Waals surface area contributed by atoms with Crippen molar-refractivity contribution >= 4 is 11.5 Å². The molecule has 0 bridgehead atoms. The Hall–Kier alpha value is -1.88. The summed E-state index contributed by atoms with van der Waals surface area (Å²) in [5.74, 6) is 0.135. The summed E-state index contributed by atoms with van der Waals surface area (Å²) in [6.45, 7) is 3.80. The predicted molar refractivity (Wildman–Crippen MR) is 80.4 cm³/mol. The molecule has 0 radical (unpaired) electrons. The quantitative estimate of drug-likeness (QED) is 0.369. The van der Waals surface area contributed by atoms with Crippen LogP contribution in [0.25, 0.3) is 10.4 Å². The first-order chi connectivity index (χ1) is 10.3. The van der Waals surface area contributed by atoms with Crippen molar-refractivity contribution in [2.75, 3.05) is 26.2 Å². The van der Waals surface area contributed by atoms with Gasteiger partial charge in [0.25, 0.3) is 0 Å². The third kappa shape index (κ3) is 3.08. The Balaban J connectivity index is 1.66. The largest absolute Gasteiger partial charge is 0.293 e. The minimum atomic E-state index is 0.135. The van der Waals surface area contributed by atoms with Crippen LogP contribution in [0.5, 0.6) is 0 Å². The van der Waals surface area contributed by atoms with Crippen LogP contribution in [0.1, 0.15) is 29.6 Å². The standard InChI is InChI=1S/C15H19N5O/c16-18-17-13-6-4-12(5-7-13)14(21)11-20-10-2-9-19-8-1-3-15(19)20/h4-7,15H,1-3,8-11H2. The molecular weight excluding hydrogens is 266 g/mol. The molecule has 0 amide bonds. The molecule has 2 aliphatic rings. The first kappa shape index (κ1) is 14.1. The lowest BCUT2D eigenvalue weighted by molar-refractivity contribution is 0.0338. The lowest BCUT2D eigenvalue weighted by Gasteiger charge is -2.39. The summed E-state index contributed by atoms with van der Waals surface area (Å²) >= 11 is 0. The average Bonchev–Trinajstić information content (AvgIpc) is 2.98. The monoisotopic (exact) mass is 285 g/mol. The van der Waals surface area contributed by atoms with Gasteiger partial charge in [-0.1, -0.05) is 29.4 Å². The number of carbonyl (C=O) groups is 1. The van der Waals surface area contributed by atoms with Crippen LogP contribution >= 0.6 is 0 Å². The fourth-order valence-corrected chi connectivity index (χ4v) is 3.33. The molecule has 0 saturated carbocycles. The van der Waals surface area contributed by atoms with Crippen molar-refractivity contribution in [1.29, 1.82) is 0 Å². The molecule has 1 aromatic rings. The Morgan fingerprint density at radius 2 is 2.00 bits per heavy atom. The number of benzene rings is 1. The van der Waals surface area contributed by atoms with E-state index in [-0.39, 0.29) is 5.78 Å². The molecule has 6 nitrogen and oxygen atoms in total. The highest BCUT2D eigenvalue weighted by Crippen LogP contribution is 2.25. The van der Waals surface area contributed by atoms with Crippen molar-refractivity contribution in [3.63, 3.8) is 0 Å². The van der Waals surface area contributed by atoms with E-state index in [1.54, 1.807) is 24.3 Å². The molecule has 21 heavy (non-hydrogen) atoms. The molecule has 110 valence electrons. The Kier molecular flexibility index (Phi) is 4.20. The Morgan fingerprint density at radius 1 is 1.24 bits per heavy atom. The minimum Gasteiger partial charge on any atom is -0.293 e.